The standard InChI is InChI=1S/C24H20N2O2/c27-23-17-7-1-2-8-18-10-6-12-20(24(18)28)16-26-22-14-4-3-13-21(22)25-15-19(23)11-5-9-17/h1-6,9-16,27-28H,7-8H2. The van der Waals surface area contributed by atoms with Crippen molar-refractivity contribution in [2.45, 2.75) is 12.8 Å². The molecule has 0 saturated heterocycles. The molecule has 0 spiro atoms. The summed E-state index contributed by atoms with van der Waals surface area (Å²) in [5, 5.41) is 21.1. The highest BCUT2D eigenvalue weighted by Gasteiger charge is 2.07. The van der Waals surface area contributed by atoms with Crippen LogP contribution in [-0.4, -0.2) is 22.6 Å². The molecular weight excluding hydrogens is 348 g/mol. The minimum Gasteiger partial charge on any atom is -0.507 e. The number of rotatable bonds is 0. The van der Waals surface area contributed by atoms with Gasteiger partial charge in [-0.2, -0.15) is 0 Å². The maximum atomic E-state index is 10.6. The van der Waals surface area contributed by atoms with Crippen molar-refractivity contribution in [2.24, 2.45) is 9.98 Å². The van der Waals surface area contributed by atoms with E-state index in [-0.39, 0.29) is 11.5 Å². The van der Waals surface area contributed by atoms with Gasteiger partial charge in [-0.25, -0.2) is 0 Å². The monoisotopic (exact) mass is 368 g/mol. The number of phenolic OH excluding ortho intramolecular Hbond substituents is 2. The van der Waals surface area contributed by atoms with Gasteiger partial charge in [0.1, 0.15) is 11.5 Å². The van der Waals surface area contributed by atoms with Gasteiger partial charge in [-0.3, -0.25) is 9.98 Å². The number of benzene rings is 3. The molecule has 0 saturated carbocycles. The highest BCUT2D eigenvalue weighted by atomic mass is 16.3. The van der Waals surface area contributed by atoms with Crippen molar-refractivity contribution in [3.05, 3.63) is 95.1 Å². The summed E-state index contributed by atoms with van der Waals surface area (Å²) >= 11 is 0. The zero-order chi connectivity index (χ0) is 19.3. The Bertz CT molecular complexity index is 1010. The Labute approximate surface area is 163 Å². The van der Waals surface area contributed by atoms with Gasteiger partial charge in [0.25, 0.3) is 0 Å². The Morgan fingerprint density at radius 1 is 0.571 bits per heavy atom. The molecule has 3 aromatic rings. The van der Waals surface area contributed by atoms with Gasteiger partial charge in [-0.1, -0.05) is 48.6 Å². The summed E-state index contributed by atoms with van der Waals surface area (Å²) in [6.45, 7) is 0. The summed E-state index contributed by atoms with van der Waals surface area (Å²) in [7, 11) is 0. The van der Waals surface area contributed by atoms with Gasteiger partial charge in [0.05, 0.1) is 11.4 Å². The fourth-order valence-electron chi connectivity index (χ4n) is 3.14. The van der Waals surface area contributed by atoms with Gasteiger partial charge < -0.3 is 10.2 Å². The zero-order valence-corrected chi connectivity index (χ0v) is 15.3. The van der Waals surface area contributed by atoms with Crippen LogP contribution in [0.5, 0.6) is 11.5 Å². The number of phenols is 2. The molecule has 1 aliphatic heterocycles. The van der Waals surface area contributed by atoms with Crippen LogP contribution in [0.4, 0.5) is 11.4 Å². The van der Waals surface area contributed by atoms with E-state index in [1.807, 2.05) is 72.8 Å². The predicted molar refractivity (Wildman–Crippen MR) is 114 cm³/mol. The van der Waals surface area contributed by atoms with E-state index in [0.29, 0.717) is 35.3 Å². The second-order valence-electron chi connectivity index (χ2n) is 6.59. The molecule has 0 radical (unpaired) electrons. The first kappa shape index (κ1) is 17.7. The number of allylic oxidation sites excluding steroid dienone is 2. The van der Waals surface area contributed by atoms with Crippen LogP contribution in [0.25, 0.3) is 0 Å². The van der Waals surface area contributed by atoms with Crippen LogP contribution in [0.2, 0.25) is 0 Å². The first-order valence-corrected chi connectivity index (χ1v) is 9.16. The Morgan fingerprint density at radius 3 is 1.50 bits per heavy atom. The predicted octanol–water partition coefficient (Wildman–Crippen LogP) is 5.25. The molecule has 4 nitrogen and oxygen atoms in total. The van der Waals surface area contributed by atoms with Gasteiger partial charge in [0, 0.05) is 23.6 Å². The maximum absolute atomic E-state index is 10.6. The highest BCUT2D eigenvalue weighted by molar-refractivity contribution is 5.90. The SMILES string of the molecule is Oc1c2cccc1CC=CCc1cccc(c1O)C=Nc1ccccc1N=C2. The van der Waals surface area contributed by atoms with Gasteiger partial charge in [-0.15, -0.1) is 0 Å². The Morgan fingerprint density at radius 2 is 1.04 bits per heavy atom. The first-order chi connectivity index (χ1) is 13.7. The van der Waals surface area contributed by atoms with E-state index in [1.165, 1.54) is 0 Å². The third kappa shape index (κ3) is 3.71. The van der Waals surface area contributed by atoms with E-state index < -0.39 is 0 Å². The van der Waals surface area contributed by atoms with Crippen molar-refractivity contribution in [2.75, 3.05) is 0 Å². The van der Waals surface area contributed by atoms with Crippen LogP contribution in [0.15, 0.2) is 82.8 Å². The van der Waals surface area contributed by atoms with E-state index in [1.54, 1.807) is 12.4 Å². The summed E-state index contributed by atoms with van der Waals surface area (Å²) in [5.74, 6) is 0.461. The molecular formula is C24H20N2O2. The summed E-state index contributed by atoms with van der Waals surface area (Å²) in [4.78, 5) is 9.05. The minimum atomic E-state index is 0.230. The normalized spacial score (nSPS) is 13.3. The van der Waals surface area contributed by atoms with E-state index in [0.717, 1.165) is 11.1 Å². The van der Waals surface area contributed by atoms with Gasteiger partial charge in [0.2, 0.25) is 0 Å². The third-order valence-electron chi connectivity index (χ3n) is 4.71. The lowest BCUT2D eigenvalue weighted by Crippen LogP contribution is -1.91. The molecule has 1 heterocycles. The Balaban J connectivity index is 1.84. The maximum Gasteiger partial charge on any atom is 0.127 e. The third-order valence-corrected chi connectivity index (χ3v) is 4.71. The molecule has 4 bridgehead atoms. The number of nitrogens with zero attached hydrogens (tertiary/aromatic N) is 2. The Hall–Kier alpha value is -3.66. The molecule has 4 heteroatoms. The number of hydrogen-bond acceptors (Lipinski definition) is 4. The lowest BCUT2D eigenvalue weighted by Gasteiger charge is -2.07. The van der Waals surface area contributed by atoms with E-state index >= 15 is 0 Å². The largest absolute Gasteiger partial charge is 0.507 e. The fourth-order valence-corrected chi connectivity index (χ4v) is 3.14. The molecule has 1 aliphatic rings. The van der Waals surface area contributed by atoms with Crippen LogP contribution in [0.3, 0.4) is 0 Å². The highest BCUT2D eigenvalue weighted by Crippen LogP contribution is 2.30. The lowest BCUT2D eigenvalue weighted by molar-refractivity contribution is 0.468. The summed E-state index contributed by atoms with van der Waals surface area (Å²) < 4.78 is 0. The molecule has 0 fully saturated rings. The number of aromatic hydroxyl groups is 2. The molecule has 0 aromatic heterocycles. The van der Waals surface area contributed by atoms with Crippen molar-refractivity contribution < 1.29 is 10.2 Å². The van der Waals surface area contributed by atoms with Gasteiger partial charge >= 0.3 is 0 Å². The quantitative estimate of drug-likeness (QED) is 0.532. The molecule has 0 aliphatic carbocycles. The minimum absolute atomic E-state index is 0.230. The van der Waals surface area contributed by atoms with Crippen molar-refractivity contribution in [1.82, 2.24) is 0 Å². The molecule has 0 amide bonds. The van der Waals surface area contributed by atoms with Crippen LogP contribution in [0, 0.1) is 0 Å². The average molecular weight is 368 g/mol. The van der Waals surface area contributed by atoms with E-state index in [2.05, 4.69) is 9.98 Å². The zero-order valence-electron chi connectivity index (χ0n) is 15.3. The number of aliphatic imine (C=N–C) groups is 2. The van der Waals surface area contributed by atoms with Gasteiger partial charge in [-0.05, 0) is 48.2 Å². The number of fused-ring (bicyclic) bond motifs is 5. The van der Waals surface area contributed by atoms with Crippen LogP contribution >= 0.6 is 0 Å². The van der Waals surface area contributed by atoms with Crippen molar-refractivity contribution >= 4 is 23.8 Å². The molecule has 138 valence electrons. The van der Waals surface area contributed by atoms with Crippen molar-refractivity contribution in [3.63, 3.8) is 0 Å². The summed E-state index contributed by atoms with van der Waals surface area (Å²) in [6, 6.07) is 18.8. The average Bonchev–Trinajstić information content (AvgIpc) is 2.71. The number of para-hydroxylation sites is 4. The van der Waals surface area contributed by atoms with Crippen LogP contribution < -0.4 is 0 Å². The van der Waals surface area contributed by atoms with E-state index in [9.17, 15) is 10.2 Å². The van der Waals surface area contributed by atoms with E-state index in [4.69, 9.17) is 0 Å². The lowest BCUT2D eigenvalue weighted by atomic mass is 10.0. The molecule has 3 aromatic carbocycles. The number of hydrogen-bond donors (Lipinski definition) is 2. The molecule has 4 rings (SSSR count). The smallest absolute Gasteiger partial charge is 0.127 e. The first-order valence-electron chi connectivity index (χ1n) is 9.16. The second-order valence-corrected chi connectivity index (χ2v) is 6.59. The Kier molecular flexibility index (Phi) is 5.02. The van der Waals surface area contributed by atoms with Crippen molar-refractivity contribution in [3.8, 4) is 11.5 Å². The van der Waals surface area contributed by atoms with Gasteiger partial charge in [0.15, 0.2) is 0 Å². The molecule has 2 N–H and O–H groups in total. The second kappa shape index (κ2) is 7.92. The van der Waals surface area contributed by atoms with Crippen LogP contribution in [0.1, 0.15) is 22.3 Å². The summed E-state index contributed by atoms with van der Waals surface area (Å²) in [6.07, 6.45) is 8.51. The van der Waals surface area contributed by atoms with Crippen molar-refractivity contribution in [1.29, 1.82) is 0 Å². The molecule has 0 unspecified atom stereocenters. The molecule has 28 heavy (non-hydrogen) atoms. The molecule has 0 atom stereocenters. The topological polar surface area (TPSA) is 65.2 Å². The summed E-state index contributed by atoms with van der Waals surface area (Å²) in [5.41, 5.74) is 4.37. The van der Waals surface area contributed by atoms with Crippen LogP contribution in [-0.2, 0) is 12.8 Å². The fraction of sp³-hybridized carbons (Fsp3) is 0.0833.